The fourth-order valence-corrected chi connectivity index (χ4v) is 3.08. The van der Waals surface area contributed by atoms with Crippen LogP contribution in [-0.2, 0) is 0 Å². The molecule has 0 saturated carbocycles. The largest absolute Gasteiger partial charge is 0.459 e. The van der Waals surface area contributed by atoms with Gasteiger partial charge in [-0.05, 0) is 57.9 Å². The van der Waals surface area contributed by atoms with Crippen LogP contribution in [0.25, 0.3) is 11.0 Å². The van der Waals surface area contributed by atoms with Crippen molar-refractivity contribution in [2.75, 3.05) is 33.7 Å². The van der Waals surface area contributed by atoms with E-state index in [0.717, 1.165) is 37.2 Å². The number of halogens is 1. The van der Waals surface area contributed by atoms with E-state index >= 15 is 0 Å². The van der Waals surface area contributed by atoms with Gasteiger partial charge in [0.1, 0.15) is 17.2 Å². The molecule has 1 aliphatic heterocycles. The summed E-state index contributed by atoms with van der Waals surface area (Å²) in [6, 6.07) is 6.39. The molecule has 0 spiro atoms. The minimum atomic E-state index is -0.255. The Hall–Kier alpha value is -1.43. The van der Waals surface area contributed by atoms with Crippen LogP contribution < -0.4 is 5.73 Å². The van der Waals surface area contributed by atoms with E-state index in [-0.39, 0.29) is 17.9 Å². The summed E-state index contributed by atoms with van der Waals surface area (Å²) in [4.78, 5) is 4.60. The fraction of sp³-hybridized carbons (Fsp3) is 0.500. The SMILES string of the molecule is CN1CCCN(C)C(C(N)c2cc3cc(F)ccc3o2)C1. The van der Waals surface area contributed by atoms with Crippen LogP contribution in [0.2, 0.25) is 0 Å². The standard InChI is InChI=1S/C16H22FN3O/c1-19-6-3-7-20(2)13(10-19)16(18)15-9-11-8-12(17)4-5-14(11)21-15/h4-5,8-9,13,16H,3,6-7,10,18H2,1-2H3. The molecule has 1 aromatic heterocycles. The van der Waals surface area contributed by atoms with Gasteiger partial charge in [0.2, 0.25) is 0 Å². The Morgan fingerprint density at radius 1 is 1.29 bits per heavy atom. The zero-order valence-electron chi connectivity index (χ0n) is 12.6. The Labute approximate surface area is 124 Å². The highest BCUT2D eigenvalue weighted by atomic mass is 19.1. The Balaban J connectivity index is 1.89. The minimum absolute atomic E-state index is 0.197. The maximum absolute atomic E-state index is 13.3. The number of nitrogens with two attached hydrogens (primary N) is 1. The van der Waals surface area contributed by atoms with Crippen LogP contribution >= 0.6 is 0 Å². The van der Waals surface area contributed by atoms with Crippen LogP contribution in [0.1, 0.15) is 18.2 Å². The third-order valence-electron chi connectivity index (χ3n) is 4.36. The van der Waals surface area contributed by atoms with Crippen molar-refractivity contribution < 1.29 is 8.81 Å². The monoisotopic (exact) mass is 291 g/mol. The zero-order valence-corrected chi connectivity index (χ0v) is 12.6. The van der Waals surface area contributed by atoms with Crippen molar-refractivity contribution in [1.82, 2.24) is 9.80 Å². The lowest BCUT2D eigenvalue weighted by molar-refractivity contribution is 0.186. The highest BCUT2D eigenvalue weighted by Crippen LogP contribution is 2.27. The lowest BCUT2D eigenvalue weighted by Gasteiger charge is -2.31. The summed E-state index contributed by atoms with van der Waals surface area (Å²) in [7, 11) is 4.22. The average molecular weight is 291 g/mol. The normalized spacial score (nSPS) is 23.3. The second-order valence-electron chi connectivity index (χ2n) is 6.02. The predicted octanol–water partition coefficient (Wildman–Crippen LogP) is 2.21. The Morgan fingerprint density at radius 3 is 2.90 bits per heavy atom. The number of fused-ring (bicyclic) bond motifs is 1. The topological polar surface area (TPSA) is 45.6 Å². The number of hydrogen-bond donors (Lipinski definition) is 1. The molecule has 4 nitrogen and oxygen atoms in total. The summed E-state index contributed by atoms with van der Waals surface area (Å²) in [5, 5.41) is 0.769. The molecule has 114 valence electrons. The van der Waals surface area contributed by atoms with E-state index in [0.29, 0.717) is 5.58 Å². The van der Waals surface area contributed by atoms with Crippen molar-refractivity contribution in [3.05, 3.63) is 35.8 Å². The van der Waals surface area contributed by atoms with Gasteiger partial charge in [-0.2, -0.15) is 0 Å². The third kappa shape index (κ3) is 2.95. The lowest BCUT2D eigenvalue weighted by atomic mass is 10.0. The molecule has 5 heteroatoms. The Bertz CT molecular complexity index is 627. The molecule has 2 atom stereocenters. The van der Waals surface area contributed by atoms with Gasteiger partial charge in [-0.1, -0.05) is 0 Å². The number of benzene rings is 1. The first kappa shape index (κ1) is 14.5. The number of nitrogens with zero attached hydrogens (tertiary/aromatic N) is 2. The van der Waals surface area contributed by atoms with E-state index in [4.69, 9.17) is 10.2 Å². The fourth-order valence-electron chi connectivity index (χ4n) is 3.08. The van der Waals surface area contributed by atoms with Gasteiger partial charge in [0.15, 0.2) is 0 Å². The smallest absolute Gasteiger partial charge is 0.134 e. The predicted molar refractivity (Wildman–Crippen MR) is 81.6 cm³/mol. The molecule has 0 radical (unpaired) electrons. The van der Waals surface area contributed by atoms with E-state index in [1.165, 1.54) is 12.1 Å². The molecular weight excluding hydrogens is 269 g/mol. The van der Waals surface area contributed by atoms with Gasteiger partial charge in [0.25, 0.3) is 0 Å². The van der Waals surface area contributed by atoms with Crippen LogP contribution in [0.4, 0.5) is 4.39 Å². The molecule has 2 heterocycles. The van der Waals surface area contributed by atoms with E-state index < -0.39 is 0 Å². The van der Waals surface area contributed by atoms with Crippen molar-refractivity contribution in [2.45, 2.75) is 18.5 Å². The maximum Gasteiger partial charge on any atom is 0.134 e. The molecule has 1 fully saturated rings. The first-order valence-electron chi connectivity index (χ1n) is 7.38. The van der Waals surface area contributed by atoms with Crippen molar-refractivity contribution in [3.63, 3.8) is 0 Å². The van der Waals surface area contributed by atoms with Crippen LogP contribution in [0.5, 0.6) is 0 Å². The highest BCUT2D eigenvalue weighted by molar-refractivity contribution is 5.78. The molecule has 2 unspecified atom stereocenters. The van der Waals surface area contributed by atoms with E-state index in [1.54, 1.807) is 6.07 Å². The van der Waals surface area contributed by atoms with Crippen molar-refractivity contribution in [3.8, 4) is 0 Å². The second-order valence-corrected chi connectivity index (χ2v) is 6.02. The average Bonchev–Trinajstić information content (AvgIpc) is 2.78. The summed E-state index contributed by atoms with van der Waals surface area (Å²) >= 11 is 0. The van der Waals surface area contributed by atoms with Crippen molar-refractivity contribution >= 4 is 11.0 Å². The van der Waals surface area contributed by atoms with Gasteiger partial charge in [-0.25, -0.2) is 4.39 Å². The third-order valence-corrected chi connectivity index (χ3v) is 4.36. The molecular formula is C16H22FN3O. The summed E-state index contributed by atoms with van der Waals surface area (Å²) in [5.74, 6) is 0.470. The number of likely N-dealkylation sites (N-methyl/N-ethyl adjacent to an activating group) is 2. The number of furan rings is 1. The molecule has 0 bridgehead atoms. The molecule has 0 amide bonds. The molecule has 1 aromatic carbocycles. The van der Waals surface area contributed by atoms with Crippen LogP contribution in [0.3, 0.4) is 0 Å². The van der Waals surface area contributed by atoms with Crippen molar-refractivity contribution in [2.24, 2.45) is 5.73 Å². The molecule has 0 aliphatic carbocycles. The lowest BCUT2D eigenvalue weighted by Crippen LogP contribution is -2.45. The highest BCUT2D eigenvalue weighted by Gasteiger charge is 2.29. The molecule has 1 saturated heterocycles. The first-order valence-corrected chi connectivity index (χ1v) is 7.38. The van der Waals surface area contributed by atoms with Crippen LogP contribution in [-0.4, -0.2) is 49.6 Å². The molecule has 3 rings (SSSR count). The number of rotatable bonds is 2. The van der Waals surface area contributed by atoms with Gasteiger partial charge < -0.3 is 20.0 Å². The summed E-state index contributed by atoms with van der Waals surface area (Å²) in [5.41, 5.74) is 7.12. The maximum atomic E-state index is 13.3. The first-order chi connectivity index (χ1) is 10.0. The van der Waals surface area contributed by atoms with Gasteiger partial charge in [-0.15, -0.1) is 0 Å². The Morgan fingerprint density at radius 2 is 2.10 bits per heavy atom. The second kappa shape index (κ2) is 5.75. The number of hydrogen-bond acceptors (Lipinski definition) is 4. The van der Waals surface area contributed by atoms with Gasteiger partial charge in [0, 0.05) is 18.0 Å². The van der Waals surface area contributed by atoms with E-state index in [9.17, 15) is 4.39 Å². The van der Waals surface area contributed by atoms with Gasteiger partial charge in [0.05, 0.1) is 6.04 Å². The summed E-state index contributed by atoms with van der Waals surface area (Å²) < 4.78 is 19.1. The summed E-state index contributed by atoms with van der Waals surface area (Å²) in [6.45, 7) is 3.01. The molecule has 21 heavy (non-hydrogen) atoms. The molecule has 2 N–H and O–H groups in total. The minimum Gasteiger partial charge on any atom is -0.459 e. The van der Waals surface area contributed by atoms with Gasteiger partial charge in [-0.3, -0.25) is 0 Å². The quantitative estimate of drug-likeness (QED) is 0.921. The van der Waals surface area contributed by atoms with Crippen molar-refractivity contribution in [1.29, 1.82) is 0 Å². The summed E-state index contributed by atoms with van der Waals surface area (Å²) in [6.07, 6.45) is 1.14. The molecule has 2 aromatic rings. The van der Waals surface area contributed by atoms with E-state index in [2.05, 4.69) is 23.9 Å². The zero-order chi connectivity index (χ0) is 15.0. The van der Waals surface area contributed by atoms with Gasteiger partial charge >= 0.3 is 0 Å². The van der Waals surface area contributed by atoms with Crippen LogP contribution in [0, 0.1) is 5.82 Å². The Kier molecular flexibility index (Phi) is 3.97. The van der Waals surface area contributed by atoms with E-state index in [1.807, 2.05) is 6.07 Å². The molecule has 1 aliphatic rings. The van der Waals surface area contributed by atoms with Crippen LogP contribution in [0.15, 0.2) is 28.7 Å².